The maximum atomic E-state index is 14.8. The van der Waals surface area contributed by atoms with Gasteiger partial charge in [-0.3, -0.25) is 4.79 Å². The molecule has 0 atom stereocenters. The highest BCUT2D eigenvalue weighted by Crippen LogP contribution is 2.41. The molecule has 206 valence electrons. The van der Waals surface area contributed by atoms with E-state index in [1.807, 2.05) is 4.90 Å². The number of alkyl halides is 5. The molecule has 2 aliphatic heterocycles. The molecule has 1 aromatic carbocycles. The number of nitrogens with zero attached hydrogens (tertiary/aromatic N) is 5. The molecule has 1 saturated heterocycles. The second-order valence-corrected chi connectivity index (χ2v) is 9.63. The first-order valence-corrected chi connectivity index (χ1v) is 12.4. The number of ether oxygens (including phenoxy) is 1. The number of carbonyl (C=O) groups is 1. The lowest BCUT2D eigenvalue weighted by molar-refractivity contribution is -0.274. The smallest absolute Gasteiger partial charge is 0.404 e. The van der Waals surface area contributed by atoms with E-state index >= 15 is 0 Å². The predicted molar refractivity (Wildman–Crippen MR) is 131 cm³/mol. The number of aromatic nitrogens is 2. The number of carbonyl (C=O) groups excluding carboxylic acids is 1. The average molecular weight is 542 g/mol. The van der Waals surface area contributed by atoms with E-state index in [-0.39, 0.29) is 29.2 Å². The number of hydrogen-bond donors (Lipinski definition) is 2. The topological polar surface area (TPSA) is 85.9 Å². The molecule has 9 nitrogen and oxygen atoms in total. The van der Waals surface area contributed by atoms with Crippen LogP contribution in [-0.4, -0.2) is 74.0 Å². The molecule has 2 fully saturated rings. The van der Waals surface area contributed by atoms with Crippen LogP contribution in [0.1, 0.15) is 25.7 Å². The molecule has 0 bridgehead atoms. The number of fused-ring (bicyclic) bond motifs is 1. The Balaban J connectivity index is 1.53. The van der Waals surface area contributed by atoms with Crippen LogP contribution in [0.4, 0.5) is 50.8 Å². The van der Waals surface area contributed by atoms with E-state index in [0.29, 0.717) is 31.6 Å². The van der Waals surface area contributed by atoms with Crippen LogP contribution in [0.3, 0.4) is 0 Å². The van der Waals surface area contributed by atoms with Gasteiger partial charge in [0.1, 0.15) is 5.69 Å². The molecule has 0 unspecified atom stereocenters. The fraction of sp³-hybridized carbons (Fsp3) is 0.542. The van der Waals surface area contributed by atoms with Gasteiger partial charge in [0.2, 0.25) is 5.95 Å². The van der Waals surface area contributed by atoms with Crippen molar-refractivity contribution in [1.82, 2.24) is 15.3 Å². The van der Waals surface area contributed by atoms with Gasteiger partial charge in [-0.15, -0.1) is 13.2 Å². The van der Waals surface area contributed by atoms with Crippen molar-refractivity contribution in [3.05, 3.63) is 24.4 Å². The maximum Gasteiger partial charge on any atom is 0.573 e. The van der Waals surface area contributed by atoms with Gasteiger partial charge in [-0.1, -0.05) is 12.8 Å². The Bertz CT molecular complexity index is 1180. The van der Waals surface area contributed by atoms with Crippen molar-refractivity contribution in [2.24, 2.45) is 0 Å². The summed E-state index contributed by atoms with van der Waals surface area (Å²) in [7, 11) is 1.23. The molecular formula is C24H28F5N7O2. The number of anilines is 5. The van der Waals surface area contributed by atoms with Gasteiger partial charge in [0.15, 0.2) is 11.6 Å². The molecule has 2 N–H and O–H groups in total. The van der Waals surface area contributed by atoms with Gasteiger partial charge in [0.25, 0.3) is 5.91 Å². The zero-order chi connectivity index (χ0) is 27.1. The van der Waals surface area contributed by atoms with Crippen LogP contribution in [0.25, 0.3) is 0 Å². The van der Waals surface area contributed by atoms with Gasteiger partial charge in [0.05, 0.1) is 18.4 Å². The standard InChI is InChI=1S/C24H28F5N7O2/c1-34-18-13-31-22(33-20(18)36(15-4-2-3-5-15)14-23(25,26)21(34)37)32-17-12-16(35-10-8-30-9-11-35)6-7-19(17)38-24(27,28)29/h6-7,12-13,15,30H,2-5,8-11,14H2,1H3,(H,31,32,33). The highest BCUT2D eigenvalue weighted by Gasteiger charge is 2.48. The molecule has 0 radical (unpaired) electrons. The molecule has 1 saturated carbocycles. The Labute approximate surface area is 216 Å². The molecule has 1 aromatic heterocycles. The van der Waals surface area contributed by atoms with Crippen LogP contribution in [0.2, 0.25) is 0 Å². The second-order valence-electron chi connectivity index (χ2n) is 9.63. The largest absolute Gasteiger partial charge is 0.573 e. The molecule has 1 amide bonds. The SMILES string of the molecule is CN1C(=O)C(F)(F)CN(C2CCCC2)c2nc(Nc3cc(N4CCNCC4)ccc3OC(F)(F)F)ncc21. The van der Waals surface area contributed by atoms with Crippen molar-refractivity contribution in [2.45, 2.75) is 44.0 Å². The molecule has 0 spiro atoms. The highest BCUT2D eigenvalue weighted by molar-refractivity contribution is 6.02. The van der Waals surface area contributed by atoms with E-state index in [1.54, 1.807) is 6.07 Å². The summed E-state index contributed by atoms with van der Waals surface area (Å²) in [5.74, 6) is -5.48. The maximum absolute atomic E-state index is 14.8. The first kappa shape index (κ1) is 26.2. The Hall–Kier alpha value is -3.42. The number of piperazine rings is 1. The molecule has 14 heteroatoms. The lowest BCUT2D eigenvalue weighted by Crippen LogP contribution is -2.48. The van der Waals surface area contributed by atoms with Gasteiger partial charge in [-0.2, -0.15) is 13.8 Å². The predicted octanol–water partition coefficient (Wildman–Crippen LogP) is 3.89. The number of benzene rings is 1. The molecule has 3 heterocycles. The van der Waals surface area contributed by atoms with Crippen LogP contribution < -0.4 is 30.1 Å². The average Bonchev–Trinajstić information content (AvgIpc) is 3.40. The first-order valence-electron chi connectivity index (χ1n) is 12.4. The summed E-state index contributed by atoms with van der Waals surface area (Å²) in [5.41, 5.74) is 0.746. The molecule has 5 rings (SSSR count). The minimum absolute atomic E-state index is 0.0332. The van der Waals surface area contributed by atoms with Crippen LogP contribution >= 0.6 is 0 Å². The highest BCUT2D eigenvalue weighted by atomic mass is 19.4. The summed E-state index contributed by atoms with van der Waals surface area (Å²) in [4.78, 5) is 25.3. The second kappa shape index (κ2) is 10.0. The molecule has 1 aliphatic carbocycles. The first-order chi connectivity index (χ1) is 18.0. The number of rotatable bonds is 5. The van der Waals surface area contributed by atoms with E-state index in [4.69, 9.17) is 0 Å². The Kier molecular flexibility index (Phi) is 6.92. The van der Waals surface area contributed by atoms with Gasteiger partial charge in [-0.25, -0.2) is 4.98 Å². The van der Waals surface area contributed by atoms with Gasteiger partial charge < -0.3 is 30.1 Å². The number of nitrogens with one attached hydrogen (secondary N) is 2. The van der Waals surface area contributed by atoms with Crippen molar-refractivity contribution < 1.29 is 31.5 Å². The summed E-state index contributed by atoms with van der Waals surface area (Å²) >= 11 is 0. The van der Waals surface area contributed by atoms with Crippen LogP contribution in [0.5, 0.6) is 5.75 Å². The lowest BCUT2D eigenvalue weighted by Gasteiger charge is -2.31. The van der Waals surface area contributed by atoms with Crippen molar-refractivity contribution in [3.63, 3.8) is 0 Å². The monoisotopic (exact) mass is 541 g/mol. The Morgan fingerprint density at radius 3 is 2.55 bits per heavy atom. The number of amides is 1. The summed E-state index contributed by atoms with van der Waals surface area (Å²) in [6.45, 7) is 1.94. The lowest BCUT2D eigenvalue weighted by atomic mass is 10.2. The molecule has 2 aromatic rings. The Morgan fingerprint density at radius 1 is 1.16 bits per heavy atom. The van der Waals surface area contributed by atoms with E-state index in [2.05, 4.69) is 25.3 Å². The summed E-state index contributed by atoms with van der Waals surface area (Å²) in [6.07, 6.45) is -0.656. The van der Waals surface area contributed by atoms with E-state index in [0.717, 1.165) is 30.8 Å². The Morgan fingerprint density at radius 2 is 1.87 bits per heavy atom. The number of hydrogen-bond acceptors (Lipinski definition) is 8. The fourth-order valence-corrected chi connectivity index (χ4v) is 5.17. The third-order valence-corrected chi connectivity index (χ3v) is 7.05. The quantitative estimate of drug-likeness (QED) is 0.552. The van der Waals surface area contributed by atoms with Gasteiger partial charge >= 0.3 is 12.3 Å². The zero-order valence-corrected chi connectivity index (χ0v) is 20.7. The van der Waals surface area contributed by atoms with E-state index < -0.39 is 30.5 Å². The molecule has 38 heavy (non-hydrogen) atoms. The summed E-state index contributed by atoms with van der Waals surface area (Å²) < 4.78 is 73.3. The van der Waals surface area contributed by atoms with Crippen molar-refractivity contribution >= 4 is 34.7 Å². The van der Waals surface area contributed by atoms with E-state index in [9.17, 15) is 26.7 Å². The fourth-order valence-electron chi connectivity index (χ4n) is 5.17. The minimum Gasteiger partial charge on any atom is -0.404 e. The minimum atomic E-state index is -4.93. The van der Waals surface area contributed by atoms with Crippen LogP contribution in [-0.2, 0) is 4.79 Å². The van der Waals surface area contributed by atoms with E-state index in [1.165, 1.54) is 30.3 Å². The van der Waals surface area contributed by atoms with Crippen molar-refractivity contribution in [2.75, 3.05) is 59.8 Å². The van der Waals surface area contributed by atoms with Crippen molar-refractivity contribution in [1.29, 1.82) is 0 Å². The summed E-state index contributed by atoms with van der Waals surface area (Å²) in [5, 5.41) is 6.01. The third-order valence-electron chi connectivity index (χ3n) is 7.05. The van der Waals surface area contributed by atoms with Crippen molar-refractivity contribution in [3.8, 4) is 5.75 Å². The normalized spacial score (nSPS) is 20.4. The summed E-state index contributed by atoms with van der Waals surface area (Å²) in [6, 6.07) is 4.02. The zero-order valence-electron chi connectivity index (χ0n) is 20.7. The van der Waals surface area contributed by atoms with Gasteiger partial charge in [-0.05, 0) is 31.0 Å². The molecule has 3 aliphatic rings. The third kappa shape index (κ3) is 5.40. The molecular weight excluding hydrogens is 513 g/mol. The van der Waals surface area contributed by atoms with Crippen LogP contribution in [0, 0.1) is 0 Å². The van der Waals surface area contributed by atoms with Crippen LogP contribution in [0.15, 0.2) is 24.4 Å². The number of halogens is 5. The van der Waals surface area contributed by atoms with Gasteiger partial charge in [0, 0.05) is 45.0 Å².